The summed E-state index contributed by atoms with van der Waals surface area (Å²) in [5.41, 5.74) is 1.67. The first-order valence-electron chi connectivity index (χ1n) is 7.28. The lowest BCUT2D eigenvalue weighted by molar-refractivity contribution is 0.391. The van der Waals surface area contributed by atoms with Crippen LogP contribution in [0.1, 0.15) is 30.3 Å². The molecule has 5 nitrogen and oxygen atoms in total. The van der Waals surface area contributed by atoms with Crippen LogP contribution in [0.2, 0.25) is 0 Å². The van der Waals surface area contributed by atoms with Gasteiger partial charge in [-0.2, -0.15) is 0 Å². The Balaban J connectivity index is 1.75. The Labute approximate surface area is 131 Å². The predicted octanol–water partition coefficient (Wildman–Crippen LogP) is 3.32. The van der Waals surface area contributed by atoms with Crippen LogP contribution >= 0.6 is 11.8 Å². The van der Waals surface area contributed by atoms with Gasteiger partial charge < -0.3 is 4.52 Å². The molecule has 22 heavy (non-hydrogen) atoms. The molecule has 1 saturated carbocycles. The number of fused-ring (bicyclic) bond motifs is 1. The molecule has 0 N–H and O–H groups in total. The highest BCUT2D eigenvalue weighted by Crippen LogP contribution is 2.37. The lowest BCUT2D eigenvalue weighted by Crippen LogP contribution is -2.22. The van der Waals surface area contributed by atoms with Crippen molar-refractivity contribution in [1.29, 1.82) is 0 Å². The minimum Gasteiger partial charge on any atom is -0.360 e. The van der Waals surface area contributed by atoms with Gasteiger partial charge in [0.25, 0.3) is 5.56 Å². The quantitative estimate of drug-likeness (QED) is 0.546. The fourth-order valence-corrected chi connectivity index (χ4v) is 3.44. The molecular weight excluding hydrogens is 298 g/mol. The summed E-state index contributed by atoms with van der Waals surface area (Å²) in [6.45, 7) is 1.89. The number of aromatic nitrogens is 3. The average Bonchev–Trinajstić information content (AvgIpc) is 3.27. The lowest BCUT2D eigenvalue weighted by Gasteiger charge is -2.11. The highest BCUT2D eigenvalue weighted by Gasteiger charge is 2.28. The molecule has 0 unspecified atom stereocenters. The van der Waals surface area contributed by atoms with Crippen LogP contribution in [0.5, 0.6) is 0 Å². The number of hydrogen-bond donors (Lipinski definition) is 0. The van der Waals surface area contributed by atoms with Crippen molar-refractivity contribution in [2.24, 2.45) is 0 Å². The molecule has 0 saturated heterocycles. The predicted molar refractivity (Wildman–Crippen MR) is 85.1 cm³/mol. The maximum Gasteiger partial charge on any atom is 0.262 e. The highest BCUT2D eigenvalue weighted by atomic mass is 32.2. The summed E-state index contributed by atoms with van der Waals surface area (Å²) >= 11 is 1.53. The van der Waals surface area contributed by atoms with E-state index in [4.69, 9.17) is 4.52 Å². The molecule has 1 aliphatic carbocycles. The monoisotopic (exact) mass is 313 g/mol. The van der Waals surface area contributed by atoms with Gasteiger partial charge in [-0.25, -0.2) is 4.98 Å². The van der Waals surface area contributed by atoms with Gasteiger partial charge in [-0.1, -0.05) is 29.1 Å². The highest BCUT2D eigenvalue weighted by molar-refractivity contribution is 7.98. The summed E-state index contributed by atoms with van der Waals surface area (Å²) in [6.07, 6.45) is 2.10. The van der Waals surface area contributed by atoms with E-state index in [2.05, 4.69) is 10.1 Å². The third-order valence-electron chi connectivity index (χ3n) is 3.71. The fraction of sp³-hybridized carbons (Fsp3) is 0.312. The third kappa shape index (κ3) is 2.43. The zero-order chi connectivity index (χ0) is 15.1. The van der Waals surface area contributed by atoms with Crippen molar-refractivity contribution in [3.63, 3.8) is 0 Å². The van der Waals surface area contributed by atoms with E-state index in [1.165, 1.54) is 11.8 Å². The third-order valence-corrected chi connectivity index (χ3v) is 4.68. The molecular formula is C16H15N3O2S. The molecule has 0 spiro atoms. The number of aryl methyl sites for hydroxylation is 1. The van der Waals surface area contributed by atoms with Crippen LogP contribution in [0.4, 0.5) is 0 Å². The van der Waals surface area contributed by atoms with Gasteiger partial charge in [0, 0.05) is 12.1 Å². The molecule has 0 radical (unpaired) electrons. The Morgan fingerprint density at radius 3 is 2.91 bits per heavy atom. The molecule has 1 aromatic carbocycles. The van der Waals surface area contributed by atoms with Gasteiger partial charge in [0.05, 0.1) is 22.3 Å². The fourth-order valence-electron chi connectivity index (χ4n) is 2.50. The van der Waals surface area contributed by atoms with Gasteiger partial charge in [0.1, 0.15) is 5.76 Å². The second-order valence-corrected chi connectivity index (χ2v) is 6.48. The number of hydrogen-bond acceptors (Lipinski definition) is 5. The summed E-state index contributed by atoms with van der Waals surface area (Å²) in [5, 5.41) is 5.34. The van der Waals surface area contributed by atoms with Crippen molar-refractivity contribution >= 4 is 22.7 Å². The maximum atomic E-state index is 12.7. The SMILES string of the molecule is Cc1cc(CSc2nc3ccccc3c(=O)n2C2CC2)on1. The van der Waals surface area contributed by atoms with Crippen molar-refractivity contribution in [1.82, 2.24) is 14.7 Å². The minimum atomic E-state index is 0.0596. The number of rotatable bonds is 4. The van der Waals surface area contributed by atoms with Crippen molar-refractivity contribution < 1.29 is 4.52 Å². The lowest BCUT2D eigenvalue weighted by atomic mass is 10.2. The number of para-hydroxylation sites is 1. The molecule has 1 fully saturated rings. The van der Waals surface area contributed by atoms with Crippen molar-refractivity contribution in [3.05, 3.63) is 52.1 Å². The van der Waals surface area contributed by atoms with E-state index >= 15 is 0 Å². The van der Waals surface area contributed by atoms with Crippen LogP contribution in [-0.2, 0) is 5.75 Å². The Morgan fingerprint density at radius 1 is 1.36 bits per heavy atom. The zero-order valence-electron chi connectivity index (χ0n) is 12.2. The van der Waals surface area contributed by atoms with Crippen LogP contribution in [-0.4, -0.2) is 14.7 Å². The van der Waals surface area contributed by atoms with E-state index < -0.39 is 0 Å². The standard InChI is InChI=1S/C16H15N3O2S/c1-10-8-12(21-18-10)9-22-16-17-14-5-3-2-4-13(14)15(20)19(16)11-6-7-11/h2-5,8,11H,6-7,9H2,1H3. The van der Waals surface area contributed by atoms with E-state index in [9.17, 15) is 4.79 Å². The molecule has 0 bridgehead atoms. The van der Waals surface area contributed by atoms with Gasteiger partial charge in [-0.05, 0) is 31.9 Å². The molecule has 112 valence electrons. The normalized spacial score (nSPS) is 14.6. The van der Waals surface area contributed by atoms with E-state index in [1.54, 1.807) is 0 Å². The second kappa shape index (κ2) is 5.28. The Kier molecular flexibility index (Phi) is 3.26. The summed E-state index contributed by atoms with van der Waals surface area (Å²) in [7, 11) is 0. The van der Waals surface area contributed by atoms with Gasteiger partial charge in [-0.3, -0.25) is 9.36 Å². The summed E-state index contributed by atoms with van der Waals surface area (Å²) < 4.78 is 7.08. The molecule has 1 aliphatic rings. The van der Waals surface area contributed by atoms with Crippen molar-refractivity contribution in [2.75, 3.05) is 0 Å². The molecule has 3 aromatic rings. The number of nitrogens with zero attached hydrogens (tertiary/aromatic N) is 3. The average molecular weight is 313 g/mol. The van der Waals surface area contributed by atoms with Gasteiger partial charge in [0.15, 0.2) is 5.16 Å². The Bertz CT molecular complexity index is 896. The topological polar surface area (TPSA) is 60.9 Å². The van der Waals surface area contributed by atoms with Crippen molar-refractivity contribution in [3.8, 4) is 0 Å². The first kappa shape index (κ1) is 13.6. The molecule has 2 heterocycles. The molecule has 6 heteroatoms. The molecule has 4 rings (SSSR count). The van der Waals surface area contributed by atoms with Crippen LogP contribution in [0.25, 0.3) is 10.9 Å². The van der Waals surface area contributed by atoms with Gasteiger partial charge in [0.2, 0.25) is 0 Å². The largest absolute Gasteiger partial charge is 0.360 e. The molecule has 0 amide bonds. The van der Waals surface area contributed by atoms with Gasteiger partial charge in [-0.15, -0.1) is 0 Å². The van der Waals surface area contributed by atoms with Crippen LogP contribution < -0.4 is 5.56 Å². The maximum absolute atomic E-state index is 12.7. The molecule has 0 atom stereocenters. The molecule has 2 aromatic heterocycles. The minimum absolute atomic E-state index is 0.0596. The summed E-state index contributed by atoms with van der Waals surface area (Å²) in [4.78, 5) is 17.4. The smallest absolute Gasteiger partial charge is 0.262 e. The summed E-state index contributed by atoms with van der Waals surface area (Å²) in [6, 6.07) is 9.72. The van der Waals surface area contributed by atoms with E-state index in [-0.39, 0.29) is 5.56 Å². The van der Waals surface area contributed by atoms with E-state index in [1.807, 2.05) is 41.8 Å². The first-order valence-corrected chi connectivity index (χ1v) is 8.27. The zero-order valence-corrected chi connectivity index (χ0v) is 13.0. The van der Waals surface area contributed by atoms with E-state index in [0.717, 1.165) is 35.0 Å². The number of thioether (sulfide) groups is 1. The van der Waals surface area contributed by atoms with Crippen LogP contribution in [0.15, 0.2) is 44.8 Å². The van der Waals surface area contributed by atoms with E-state index in [0.29, 0.717) is 17.2 Å². The number of benzene rings is 1. The van der Waals surface area contributed by atoms with Crippen LogP contribution in [0.3, 0.4) is 0 Å². The summed E-state index contributed by atoms with van der Waals surface area (Å²) in [5.74, 6) is 1.42. The van der Waals surface area contributed by atoms with Crippen LogP contribution in [0, 0.1) is 6.92 Å². The second-order valence-electron chi connectivity index (χ2n) is 5.54. The Morgan fingerprint density at radius 2 is 2.18 bits per heavy atom. The first-order chi connectivity index (χ1) is 10.7. The van der Waals surface area contributed by atoms with Crippen molar-refractivity contribution in [2.45, 2.75) is 36.7 Å². The van der Waals surface area contributed by atoms with Gasteiger partial charge >= 0.3 is 0 Å². The Hall–Kier alpha value is -2.08. The molecule has 0 aliphatic heterocycles.